The van der Waals surface area contributed by atoms with E-state index >= 15 is 0 Å². The number of hydrogen-bond acceptors (Lipinski definition) is 3. The molecule has 0 spiro atoms. The van der Waals surface area contributed by atoms with Crippen molar-refractivity contribution >= 4 is 44.3 Å². The minimum atomic E-state index is -0.543. The molecule has 2 amide bonds. The first kappa shape index (κ1) is 20.9. The Bertz CT molecular complexity index is 905. The first-order valence-corrected chi connectivity index (χ1v) is 10.9. The van der Waals surface area contributed by atoms with Gasteiger partial charge >= 0.3 is 0 Å². The Hall–Kier alpha value is -1.82. The third-order valence-electron chi connectivity index (χ3n) is 6.22. The topological polar surface area (TPSA) is 65.2 Å². The molecule has 0 aliphatic carbocycles. The maximum atomic E-state index is 12.8. The van der Waals surface area contributed by atoms with Gasteiger partial charge in [0.05, 0.1) is 5.41 Å². The van der Waals surface area contributed by atoms with Crippen molar-refractivity contribution < 1.29 is 9.59 Å². The van der Waals surface area contributed by atoms with E-state index in [2.05, 4.69) is 63.2 Å². The molecule has 0 saturated carbocycles. The highest BCUT2D eigenvalue weighted by Gasteiger charge is 2.43. The molecule has 152 valence electrons. The Balaban J connectivity index is 1.84. The molecule has 5 nitrogen and oxygen atoms in total. The van der Waals surface area contributed by atoms with Crippen LogP contribution in [0, 0.1) is 17.3 Å². The number of halogens is 1. The van der Waals surface area contributed by atoms with Gasteiger partial charge in [-0.15, -0.1) is 0 Å². The van der Waals surface area contributed by atoms with Gasteiger partial charge in [-0.05, 0) is 37.0 Å². The van der Waals surface area contributed by atoms with Crippen LogP contribution in [0.15, 0.2) is 22.7 Å². The van der Waals surface area contributed by atoms with Gasteiger partial charge in [0.25, 0.3) is 0 Å². The summed E-state index contributed by atoms with van der Waals surface area (Å²) in [6, 6.07) is 6.50. The van der Waals surface area contributed by atoms with Crippen molar-refractivity contribution in [2.24, 2.45) is 17.3 Å². The van der Waals surface area contributed by atoms with Crippen LogP contribution in [0.5, 0.6) is 0 Å². The monoisotopic (exact) mass is 447 g/mol. The van der Waals surface area contributed by atoms with Gasteiger partial charge in [-0.1, -0.05) is 50.5 Å². The van der Waals surface area contributed by atoms with E-state index in [0.717, 1.165) is 29.5 Å². The van der Waals surface area contributed by atoms with Crippen molar-refractivity contribution in [2.75, 3.05) is 18.0 Å². The molecule has 0 bridgehead atoms. The lowest BCUT2D eigenvalue weighted by Crippen LogP contribution is -2.54. The third kappa shape index (κ3) is 3.84. The number of rotatable bonds is 4. The van der Waals surface area contributed by atoms with Crippen LogP contribution in [0.25, 0.3) is 10.9 Å². The minimum Gasteiger partial charge on any atom is -0.371 e. The van der Waals surface area contributed by atoms with E-state index < -0.39 is 5.41 Å². The fourth-order valence-corrected chi connectivity index (χ4v) is 4.33. The summed E-state index contributed by atoms with van der Waals surface area (Å²) < 4.78 is 1.04. The van der Waals surface area contributed by atoms with Crippen molar-refractivity contribution in [3.63, 3.8) is 0 Å². The number of H-pyrrole nitrogens is 1. The molecule has 0 radical (unpaired) electrons. The summed E-state index contributed by atoms with van der Waals surface area (Å²) in [7, 11) is 0. The van der Waals surface area contributed by atoms with E-state index in [0.29, 0.717) is 6.42 Å². The van der Waals surface area contributed by atoms with E-state index in [1.54, 1.807) is 13.8 Å². The highest BCUT2D eigenvalue weighted by Crippen LogP contribution is 2.40. The fraction of sp³-hybridized carbons (Fsp3) is 0.545. The average Bonchev–Trinajstić information content (AvgIpc) is 3.06. The van der Waals surface area contributed by atoms with Crippen LogP contribution in [0.3, 0.4) is 0 Å². The number of fused-ring (bicyclic) bond motifs is 1. The smallest absolute Gasteiger partial charge is 0.232 e. The molecule has 1 aromatic carbocycles. The summed E-state index contributed by atoms with van der Waals surface area (Å²) in [5.74, 6) is -0.416. The zero-order chi connectivity index (χ0) is 20.6. The molecule has 1 aliphatic rings. The number of nitrogens with one attached hydrogen (secondary N) is 2. The van der Waals surface area contributed by atoms with Gasteiger partial charge < -0.3 is 9.88 Å². The molecule has 28 heavy (non-hydrogen) atoms. The van der Waals surface area contributed by atoms with Crippen LogP contribution in [-0.4, -0.2) is 29.9 Å². The number of aromatic amines is 1. The lowest BCUT2D eigenvalue weighted by molar-refractivity contribution is -0.140. The number of benzene rings is 1. The molecule has 1 saturated heterocycles. The predicted molar refractivity (Wildman–Crippen MR) is 117 cm³/mol. The maximum Gasteiger partial charge on any atom is 0.232 e. The quantitative estimate of drug-likeness (QED) is 0.716. The fourth-order valence-electron chi connectivity index (χ4n) is 3.89. The van der Waals surface area contributed by atoms with Gasteiger partial charge in [0.2, 0.25) is 11.8 Å². The second-order valence-electron chi connectivity index (χ2n) is 8.52. The van der Waals surface area contributed by atoms with Crippen molar-refractivity contribution in [1.82, 2.24) is 10.3 Å². The summed E-state index contributed by atoms with van der Waals surface area (Å²) in [5.41, 5.74) is 2.99. The molecule has 1 aliphatic heterocycles. The summed E-state index contributed by atoms with van der Waals surface area (Å²) >= 11 is 3.63. The SMILES string of the molecule is CCc1cc2c(N3CCC(C)(C(=O)NC(=O)C(C)C)C(C)C3)cc(Br)cc2[nH]1. The lowest BCUT2D eigenvalue weighted by Gasteiger charge is -2.44. The van der Waals surface area contributed by atoms with Gasteiger partial charge in [0.15, 0.2) is 0 Å². The molecule has 2 N–H and O–H groups in total. The molecular weight excluding hydrogens is 418 g/mol. The van der Waals surface area contributed by atoms with E-state index in [4.69, 9.17) is 0 Å². The molecule has 2 aromatic rings. The zero-order valence-electron chi connectivity index (χ0n) is 17.4. The average molecular weight is 448 g/mol. The van der Waals surface area contributed by atoms with Crippen LogP contribution >= 0.6 is 15.9 Å². The van der Waals surface area contributed by atoms with E-state index in [9.17, 15) is 9.59 Å². The number of aryl methyl sites for hydroxylation is 1. The number of carbonyl (C=O) groups is 2. The van der Waals surface area contributed by atoms with Gasteiger partial charge in [0, 0.05) is 45.8 Å². The summed E-state index contributed by atoms with van der Waals surface area (Å²) in [5, 5.41) is 3.83. The molecule has 3 rings (SSSR count). The van der Waals surface area contributed by atoms with Gasteiger partial charge in [-0.2, -0.15) is 0 Å². The lowest BCUT2D eigenvalue weighted by atomic mass is 9.71. The number of hydrogen-bond donors (Lipinski definition) is 2. The number of piperidine rings is 1. The molecule has 6 heteroatoms. The summed E-state index contributed by atoms with van der Waals surface area (Å²) in [6.45, 7) is 11.4. The minimum absolute atomic E-state index is 0.125. The van der Waals surface area contributed by atoms with Gasteiger partial charge in [0.1, 0.15) is 0 Å². The van der Waals surface area contributed by atoms with Crippen LogP contribution in [-0.2, 0) is 16.0 Å². The second-order valence-corrected chi connectivity index (χ2v) is 9.44. The number of carbonyl (C=O) groups excluding carboxylic acids is 2. The first-order chi connectivity index (χ1) is 13.2. The Morgan fingerprint density at radius 2 is 2.07 bits per heavy atom. The van der Waals surface area contributed by atoms with Crippen molar-refractivity contribution in [3.05, 3.63) is 28.4 Å². The van der Waals surface area contributed by atoms with Crippen LogP contribution in [0.2, 0.25) is 0 Å². The zero-order valence-corrected chi connectivity index (χ0v) is 18.9. The van der Waals surface area contributed by atoms with Crippen molar-refractivity contribution in [2.45, 2.75) is 47.5 Å². The molecule has 2 heterocycles. The van der Waals surface area contributed by atoms with Crippen molar-refractivity contribution in [1.29, 1.82) is 0 Å². The molecule has 1 fully saturated rings. The summed E-state index contributed by atoms with van der Waals surface area (Å²) in [4.78, 5) is 30.7. The number of imide groups is 1. The number of aromatic nitrogens is 1. The highest BCUT2D eigenvalue weighted by molar-refractivity contribution is 9.10. The van der Waals surface area contributed by atoms with Gasteiger partial charge in [-0.3, -0.25) is 14.9 Å². The Morgan fingerprint density at radius 3 is 2.68 bits per heavy atom. The molecular formula is C22H30BrN3O2. The Kier molecular flexibility index (Phi) is 5.89. The first-order valence-electron chi connectivity index (χ1n) is 10.1. The number of anilines is 1. The second kappa shape index (κ2) is 7.90. The normalized spacial score (nSPS) is 22.7. The number of nitrogens with zero attached hydrogens (tertiary/aromatic N) is 1. The van der Waals surface area contributed by atoms with Crippen LogP contribution < -0.4 is 10.2 Å². The maximum absolute atomic E-state index is 12.8. The number of amides is 2. The third-order valence-corrected chi connectivity index (χ3v) is 6.68. The molecule has 2 unspecified atom stereocenters. The highest BCUT2D eigenvalue weighted by atomic mass is 79.9. The standard InChI is InChI=1S/C22H30BrN3O2/c1-6-16-11-17-18(24-16)9-15(23)10-19(17)26-8-7-22(5,14(4)12-26)21(28)25-20(27)13(2)3/h9-11,13-14,24H,6-8,12H2,1-5H3,(H,25,27,28). The largest absolute Gasteiger partial charge is 0.371 e. The van der Waals surface area contributed by atoms with E-state index in [1.165, 1.54) is 16.8 Å². The van der Waals surface area contributed by atoms with Crippen molar-refractivity contribution in [3.8, 4) is 0 Å². The molecule has 1 aromatic heterocycles. The Morgan fingerprint density at radius 1 is 1.36 bits per heavy atom. The van der Waals surface area contributed by atoms with E-state index in [1.807, 2.05) is 6.92 Å². The Labute approximate surface area is 175 Å². The predicted octanol–water partition coefficient (Wildman–Crippen LogP) is 4.64. The van der Waals surface area contributed by atoms with Crippen LogP contribution in [0.4, 0.5) is 5.69 Å². The molecule has 2 atom stereocenters. The van der Waals surface area contributed by atoms with Crippen LogP contribution in [0.1, 0.15) is 46.7 Å². The van der Waals surface area contributed by atoms with E-state index in [-0.39, 0.29) is 23.7 Å². The van der Waals surface area contributed by atoms with Gasteiger partial charge in [-0.25, -0.2) is 0 Å². The summed E-state index contributed by atoms with van der Waals surface area (Å²) in [6.07, 6.45) is 1.68.